The summed E-state index contributed by atoms with van der Waals surface area (Å²) in [6.45, 7) is 10.8. The lowest BCUT2D eigenvalue weighted by Crippen LogP contribution is -2.37. The van der Waals surface area contributed by atoms with Crippen LogP contribution in [0.3, 0.4) is 0 Å². The summed E-state index contributed by atoms with van der Waals surface area (Å²) in [4.78, 5) is 0. The molecule has 0 radical (unpaired) electrons. The van der Waals surface area contributed by atoms with E-state index in [2.05, 4.69) is 43.6 Å². The molecule has 0 bridgehead atoms. The molecule has 0 spiro atoms. The Balaban J connectivity index is 2.63. The maximum Gasteiger partial charge on any atom is 0.0564 e. The molecule has 1 heterocycles. The van der Waals surface area contributed by atoms with Crippen LogP contribution in [0.25, 0.3) is 0 Å². The van der Waals surface area contributed by atoms with E-state index in [1.54, 1.807) is 11.8 Å². The lowest BCUT2D eigenvalue weighted by Gasteiger charge is -2.21. The maximum absolute atomic E-state index is 9.27. The van der Waals surface area contributed by atoms with Crippen LogP contribution in [0.2, 0.25) is 0 Å². The molecule has 0 aliphatic heterocycles. The number of aliphatic hydroxyl groups excluding tert-OH is 1. The Kier molecular flexibility index (Phi) is 6.26. The smallest absolute Gasteiger partial charge is 0.0564 e. The van der Waals surface area contributed by atoms with Gasteiger partial charge in [0.1, 0.15) is 0 Å². The van der Waals surface area contributed by atoms with E-state index in [1.807, 2.05) is 6.26 Å². The molecule has 2 atom stereocenters. The molecule has 0 saturated heterocycles. The van der Waals surface area contributed by atoms with Gasteiger partial charge in [0.15, 0.2) is 0 Å². The molecular formula is C14H26N2OS. The summed E-state index contributed by atoms with van der Waals surface area (Å²) in [7, 11) is 0. The van der Waals surface area contributed by atoms with Crippen molar-refractivity contribution in [2.24, 2.45) is 0 Å². The summed E-state index contributed by atoms with van der Waals surface area (Å²) in [6.07, 6.45) is 2.04. The van der Waals surface area contributed by atoms with Gasteiger partial charge in [0, 0.05) is 35.8 Å². The summed E-state index contributed by atoms with van der Waals surface area (Å²) in [6, 6.07) is 2.57. The Hall–Kier alpha value is -0.450. The quantitative estimate of drug-likeness (QED) is 0.798. The van der Waals surface area contributed by atoms with Crippen LogP contribution in [0, 0.1) is 13.8 Å². The number of rotatable bonds is 7. The van der Waals surface area contributed by atoms with E-state index in [-0.39, 0.29) is 11.9 Å². The van der Waals surface area contributed by atoms with Crippen molar-refractivity contribution >= 4 is 11.8 Å². The van der Waals surface area contributed by atoms with Gasteiger partial charge in [-0.2, -0.15) is 11.8 Å². The SMILES string of the molecule is CCn1c(C)cc(CNC(C)C(CO)SC)c1C. The predicted octanol–water partition coefficient (Wildman–Crippen LogP) is 2.33. The molecule has 3 nitrogen and oxygen atoms in total. The van der Waals surface area contributed by atoms with Crippen LogP contribution in [-0.2, 0) is 13.1 Å². The van der Waals surface area contributed by atoms with Gasteiger partial charge in [0.2, 0.25) is 0 Å². The standard InChI is InChI=1S/C14H26N2OS/c1-6-16-10(2)7-13(12(16)4)8-15-11(3)14(9-17)18-5/h7,11,14-15,17H,6,8-9H2,1-5H3. The first-order chi connectivity index (χ1) is 8.54. The highest BCUT2D eigenvalue weighted by Crippen LogP contribution is 2.16. The van der Waals surface area contributed by atoms with Crippen molar-refractivity contribution in [1.82, 2.24) is 9.88 Å². The number of aliphatic hydroxyl groups is 1. The number of nitrogens with zero attached hydrogens (tertiary/aromatic N) is 1. The average molecular weight is 270 g/mol. The van der Waals surface area contributed by atoms with Gasteiger partial charge < -0.3 is 15.0 Å². The summed E-state index contributed by atoms with van der Waals surface area (Å²) < 4.78 is 2.33. The topological polar surface area (TPSA) is 37.2 Å². The second kappa shape index (κ2) is 7.22. The van der Waals surface area contributed by atoms with E-state index in [1.165, 1.54) is 17.0 Å². The molecule has 2 N–H and O–H groups in total. The summed E-state index contributed by atoms with van der Waals surface area (Å²) in [5.74, 6) is 0. The summed E-state index contributed by atoms with van der Waals surface area (Å²) in [5, 5.41) is 13.0. The first kappa shape index (κ1) is 15.6. The van der Waals surface area contributed by atoms with E-state index in [0.29, 0.717) is 6.04 Å². The van der Waals surface area contributed by atoms with E-state index in [4.69, 9.17) is 0 Å². The molecule has 0 saturated carbocycles. The number of hydrogen-bond donors (Lipinski definition) is 2. The van der Waals surface area contributed by atoms with Crippen molar-refractivity contribution in [3.63, 3.8) is 0 Å². The van der Waals surface area contributed by atoms with Crippen molar-refractivity contribution < 1.29 is 5.11 Å². The van der Waals surface area contributed by atoms with Gasteiger partial charge >= 0.3 is 0 Å². The highest BCUT2D eigenvalue weighted by molar-refractivity contribution is 7.99. The number of aryl methyl sites for hydroxylation is 1. The van der Waals surface area contributed by atoms with Gasteiger partial charge in [-0.05, 0) is 45.6 Å². The first-order valence-corrected chi connectivity index (χ1v) is 7.86. The Labute approximate surface area is 115 Å². The second-order valence-corrected chi connectivity index (χ2v) is 5.84. The molecule has 0 aliphatic carbocycles. The second-order valence-electron chi connectivity index (χ2n) is 4.77. The van der Waals surface area contributed by atoms with Gasteiger partial charge in [-0.15, -0.1) is 0 Å². The maximum atomic E-state index is 9.27. The predicted molar refractivity (Wildman–Crippen MR) is 80.3 cm³/mol. The van der Waals surface area contributed by atoms with Gasteiger partial charge in [-0.25, -0.2) is 0 Å². The van der Waals surface area contributed by atoms with Crippen LogP contribution in [0.4, 0.5) is 0 Å². The monoisotopic (exact) mass is 270 g/mol. The lowest BCUT2D eigenvalue weighted by molar-refractivity contribution is 0.276. The van der Waals surface area contributed by atoms with Crippen LogP contribution >= 0.6 is 11.8 Å². The molecular weight excluding hydrogens is 244 g/mol. The minimum Gasteiger partial charge on any atom is -0.395 e. The van der Waals surface area contributed by atoms with Crippen LogP contribution in [0.5, 0.6) is 0 Å². The third-order valence-electron chi connectivity index (χ3n) is 3.65. The number of thioether (sulfide) groups is 1. The fourth-order valence-electron chi connectivity index (χ4n) is 2.38. The zero-order chi connectivity index (χ0) is 13.7. The number of nitrogens with one attached hydrogen (secondary N) is 1. The van der Waals surface area contributed by atoms with Gasteiger partial charge in [-0.3, -0.25) is 0 Å². The Morgan fingerprint density at radius 3 is 2.56 bits per heavy atom. The van der Waals surface area contributed by atoms with E-state index < -0.39 is 0 Å². The molecule has 2 unspecified atom stereocenters. The average Bonchev–Trinajstić information content (AvgIpc) is 2.63. The van der Waals surface area contributed by atoms with Crippen LogP contribution in [0.1, 0.15) is 30.8 Å². The molecule has 0 amide bonds. The number of hydrogen-bond acceptors (Lipinski definition) is 3. The lowest BCUT2D eigenvalue weighted by atomic mass is 10.2. The van der Waals surface area contributed by atoms with Crippen molar-refractivity contribution in [2.75, 3.05) is 12.9 Å². The summed E-state index contributed by atoms with van der Waals surface area (Å²) >= 11 is 1.71. The highest BCUT2D eigenvalue weighted by Gasteiger charge is 2.15. The Morgan fingerprint density at radius 2 is 2.11 bits per heavy atom. The molecule has 1 rings (SSSR count). The molecule has 4 heteroatoms. The van der Waals surface area contributed by atoms with Crippen molar-refractivity contribution in [3.05, 3.63) is 23.0 Å². The van der Waals surface area contributed by atoms with E-state index >= 15 is 0 Å². The third kappa shape index (κ3) is 3.53. The Bertz CT molecular complexity index is 372. The fraction of sp³-hybridized carbons (Fsp3) is 0.714. The van der Waals surface area contributed by atoms with Crippen LogP contribution < -0.4 is 5.32 Å². The zero-order valence-electron chi connectivity index (χ0n) is 12.2. The summed E-state index contributed by atoms with van der Waals surface area (Å²) in [5.41, 5.74) is 4.03. The fourth-order valence-corrected chi connectivity index (χ4v) is 3.03. The van der Waals surface area contributed by atoms with E-state index in [0.717, 1.165) is 13.1 Å². The molecule has 104 valence electrons. The van der Waals surface area contributed by atoms with Crippen molar-refractivity contribution in [2.45, 2.75) is 52.1 Å². The molecule has 0 fully saturated rings. The molecule has 0 aliphatic rings. The minimum atomic E-state index is 0.226. The number of aromatic nitrogens is 1. The van der Waals surface area contributed by atoms with Crippen LogP contribution in [-0.4, -0.2) is 33.8 Å². The molecule has 0 aromatic carbocycles. The van der Waals surface area contributed by atoms with E-state index in [9.17, 15) is 5.11 Å². The van der Waals surface area contributed by atoms with Crippen molar-refractivity contribution in [3.8, 4) is 0 Å². The first-order valence-electron chi connectivity index (χ1n) is 6.57. The molecule has 1 aromatic rings. The molecule has 1 aromatic heterocycles. The van der Waals surface area contributed by atoms with Gasteiger partial charge in [-0.1, -0.05) is 0 Å². The molecule has 18 heavy (non-hydrogen) atoms. The van der Waals surface area contributed by atoms with Gasteiger partial charge in [0.05, 0.1) is 6.61 Å². The highest BCUT2D eigenvalue weighted by atomic mass is 32.2. The Morgan fingerprint density at radius 1 is 1.44 bits per heavy atom. The van der Waals surface area contributed by atoms with Crippen molar-refractivity contribution in [1.29, 1.82) is 0 Å². The normalized spacial score (nSPS) is 14.8. The zero-order valence-corrected chi connectivity index (χ0v) is 13.0. The van der Waals surface area contributed by atoms with Crippen LogP contribution in [0.15, 0.2) is 6.07 Å². The minimum absolute atomic E-state index is 0.226. The largest absolute Gasteiger partial charge is 0.395 e. The third-order valence-corrected chi connectivity index (χ3v) is 4.81. The van der Waals surface area contributed by atoms with Gasteiger partial charge in [0.25, 0.3) is 0 Å².